The number of nitrogens with one attached hydrogen (secondary N) is 1. The number of rotatable bonds is 2. The summed E-state index contributed by atoms with van der Waals surface area (Å²) in [6.07, 6.45) is -4.43. The fraction of sp³-hybridized carbons (Fsp3) is 0.188. The standard InChI is InChI=1S/C16H14F3NO/c1-10-13(16(17,18)19)8-9-14(20-11(2)21)15(10)12-6-4-3-5-7-12/h3-9H,1-2H3,(H,20,21). The molecular formula is C16H14F3NO. The molecule has 0 unspecified atom stereocenters. The summed E-state index contributed by atoms with van der Waals surface area (Å²) in [5, 5.41) is 2.59. The smallest absolute Gasteiger partial charge is 0.326 e. The van der Waals surface area contributed by atoms with Gasteiger partial charge in [0.1, 0.15) is 0 Å². The highest BCUT2D eigenvalue weighted by Crippen LogP contribution is 2.40. The Bertz CT molecular complexity index is 663. The van der Waals surface area contributed by atoms with Crippen LogP contribution >= 0.6 is 0 Å². The maximum atomic E-state index is 13.1. The molecule has 0 saturated heterocycles. The molecule has 5 heteroatoms. The monoisotopic (exact) mass is 293 g/mol. The first-order chi connectivity index (χ1) is 9.80. The van der Waals surface area contributed by atoms with Crippen LogP contribution < -0.4 is 5.32 Å². The van der Waals surface area contributed by atoms with Crippen LogP contribution in [0.4, 0.5) is 18.9 Å². The zero-order chi connectivity index (χ0) is 15.6. The highest BCUT2D eigenvalue weighted by atomic mass is 19.4. The predicted octanol–water partition coefficient (Wildman–Crippen LogP) is 4.64. The number of carbonyl (C=O) groups excluding carboxylic acids is 1. The van der Waals surface area contributed by atoms with Crippen LogP contribution in [0.15, 0.2) is 42.5 Å². The summed E-state index contributed by atoms with van der Waals surface area (Å²) in [5.74, 6) is -0.327. The molecule has 0 aliphatic rings. The van der Waals surface area contributed by atoms with E-state index in [4.69, 9.17) is 0 Å². The van der Waals surface area contributed by atoms with E-state index in [1.54, 1.807) is 30.3 Å². The summed E-state index contributed by atoms with van der Waals surface area (Å²) in [5.41, 5.74) is 0.792. The van der Waals surface area contributed by atoms with Crippen molar-refractivity contribution in [3.8, 4) is 11.1 Å². The van der Waals surface area contributed by atoms with Crippen LogP contribution in [0.2, 0.25) is 0 Å². The van der Waals surface area contributed by atoms with Gasteiger partial charge in [0.15, 0.2) is 0 Å². The largest absolute Gasteiger partial charge is 0.416 e. The lowest BCUT2D eigenvalue weighted by Crippen LogP contribution is -2.12. The molecule has 1 amide bonds. The molecule has 0 fully saturated rings. The van der Waals surface area contributed by atoms with Crippen molar-refractivity contribution in [1.82, 2.24) is 0 Å². The van der Waals surface area contributed by atoms with Gasteiger partial charge in [-0.3, -0.25) is 4.79 Å². The molecular weight excluding hydrogens is 279 g/mol. The van der Waals surface area contributed by atoms with E-state index in [1.807, 2.05) is 0 Å². The average molecular weight is 293 g/mol. The Morgan fingerprint density at radius 1 is 1.05 bits per heavy atom. The van der Waals surface area contributed by atoms with Gasteiger partial charge < -0.3 is 5.32 Å². The second-order valence-corrected chi connectivity index (χ2v) is 4.71. The molecule has 0 spiro atoms. The van der Waals surface area contributed by atoms with Crippen LogP contribution in [0.1, 0.15) is 18.1 Å². The van der Waals surface area contributed by atoms with Gasteiger partial charge >= 0.3 is 6.18 Å². The lowest BCUT2D eigenvalue weighted by atomic mass is 9.94. The van der Waals surface area contributed by atoms with Crippen molar-refractivity contribution in [3.63, 3.8) is 0 Å². The van der Waals surface area contributed by atoms with Crippen molar-refractivity contribution in [2.24, 2.45) is 0 Å². The number of hydrogen-bond acceptors (Lipinski definition) is 1. The van der Waals surface area contributed by atoms with Gasteiger partial charge in [-0.15, -0.1) is 0 Å². The summed E-state index contributed by atoms with van der Waals surface area (Å²) in [7, 11) is 0. The van der Waals surface area contributed by atoms with Gasteiger partial charge in [-0.1, -0.05) is 30.3 Å². The van der Waals surface area contributed by atoms with Gasteiger partial charge in [-0.2, -0.15) is 13.2 Å². The van der Waals surface area contributed by atoms with Crippen LogP contribution in [-0.4, -0.2) is 5.91 Å². The van der Waals surface area contributed by atoms with Gasteiger partial charge in [0.25, 0.3) is 0 Å². The Hall–Kier alpha value is -2.30. The molecule has 2 nitrogen and oxygen atoms in total. The summed E-state index contributed by atoms with van der Waals surface area (Å²) in [6, 6.07) is 11.0. The molecule has 110 valence electrons. The fourth-order valence-corrected chi connectivity index (χ4v) is 2.29. The molecule has 1 N–H and O–H groups in total. The average Bonchev–Trinajstić information content (AvgIpc) is 2.37. The van der Waals surface area contributed by atoms with Crippen LogP contribution in [-0.2, 0) is 11.0 Å². The van der Waals surface area contributed by atoms with Crippen molar-refractivity contribution in [1.29, 1.82) is 0 Å². The van der Waals surface area contributed by atoms with Crippen molar-refractivity contribution in [2.45, 2.75) is 20.0 Å². The van der Waals surface area contributed by atoms with Crippen molar-refractivity contribution in [3.05, 3.63) is 53.6 Å². The molecule has 21 heavy (non-hydrogen) atoms. The van der Waals surface area contributed by atoms with E-state index in [0.29, 0.717) is 16.8 Å². The molecule has 0 aliphatic heterocycles. The van der Waals surface area contributed by atoms with Gasteiger partial charge in [0, 0.05) is 18.2 Å². The number of carbonyl (C=O) groups is 1. The molecule has 0 bridgehead atoms. The predicted molar refractivity (Wildman–Crippen MR) is 75.9 cm³/mol. The number of hydrogen-bond donors (Lipinski definition) is 1. The van der Waals surface area contributed by atoms with E-state index in [0.717, 1.165) is 6.07 Å². The Kier molecular flexibility index (Phi) is 4.02. The molecule has 2 aromatic carbocycles. The summed E-state index contributed by atoms with van der Waals surface area (Å²) >= 11 is 0. The van der Waals surface area contributed by atoms with E-state index in [1.165, 1.54) is 19.9 Å². The summed E-state index contributed by atoms with van der Waals surface area (Å²) in [4.78, 5) is 11.3. The second kappa shape index (κ2) is 5.60. The zero-order valence-electron chi connectivity index (χ0n) is 11.6. The van der Waals surface area contributed by atoms with Crippen molar-refractivity contribution in [2.75, 3.05) is 5.32 Å². The van der Waals surface area contributed by atoms with E-state index in [9.17, 15) is 18.0 Å². The molecule has 2 aromatic rings. The number of anilines is 1. The molecule has 0 radical (unpaired) electrons. The van der Waals surface area contributed by atoms with Gasteiger partial charge in [0.2, 0.25) is 5.91 Å². The lowest BCUT2D eigenvalue weighted by Gasteiger charge is -2.18. The van der Waals surface area contributed by atoms with E-state index >= 15 is 0 Å². The Labute approximate surface area is 120 Å². The maximum absolute atomic E-state index is 13.1. The first-order valence-corrected chi connectivity index (χ1v) is 6.34. The highest BCUT2D eigenvalue weighted by Gasteiger charge is 2.33. The fourth-order valence-electron chi connectivity index (χ4n) is 2.29. The molecule has 0 aromatic heterocycles. The Morgan fingerprint density at radius 2 is 1.67 bits per heavy atom. The maximum Gasteiger partial charge on any atom is 0.416 e. The Morgan fingerprint density at radius 3 is 2.19 bits per heavy atom. The highest BCUT2D eigenvalue weighted by molar-refractivity contribution is 5.95. The normalized spacial score (nSPS) is 11.3. The van der Waals surface area contributed by atoms with Crippen LogP contribution in [0, 0.1) is 6.92 Å². The van der Waals surface area contributed by atoms with Crippen molar-refractivity contribution >= 4 is 11.6 Å². The van der Waals surface area contributed by atoms with Gasteiger partial charge in [-0.05, 0) is 30.2 Å². The quantitative estimate of drug-likeness (QED) is 0.858. The number of alkyl halides is 3. The second-order valence-electron chi connectivity index (χ2n) is 4.71. The number of benzene rings is 2. The summed E-state index contributed by atoms with van der Waals surface area (Å²) < 4.78 is 39.2. The minimum atomic E-state index is -4.43. The van der Waals surface area contributed by atoms with Gasteiger partial charge in [0.05, 0.1) is 5.56 Å². The number of amides is 1. The lowest BCUT2D eigenvalue weighted by molar-refractivity contribution is -0.138. The number of halogens is 3. The first kappa shape index (κ1) is 15.1. The third kappa shape index (κ3) is 3.24. The van der Waals surface area contributed by atoms with Crippen LogP contribution in [0.3, 0.4) is 0 Å². The van der Waals surface area contributed by atoms with Crippen molar-refractivity contribution < 1.29 is 18.0 Å². The van der Waals surface area contributed by atoms with Gasteiger partial charge in [-0.25, -0.2) is 0 Å². The SMILES string of the molecule is CC(=O)Nc1ccc(C(F)(F)F)c(C)c1-c1ccccc1. The van der Waals surface area contributed by atoms with E-state index in [-0.39, 0.29) is 11.5 Å². The van der Waals surface area contributed by atoms with Crippen LogP contribution in [0.5, 0.6) is 0 Å². The molecule has 0 atom stereocenters. The van der Waals surface area contributed by atoms with E-state index in [2.05, 4.69) is 5.32 Å². The molecule has 2 rings (SSSR count). The minimum absolute atomic E-state index is 0.0972. The third-order valence-corrected chi connectivity index (χ3v) is 3.14. The Balaban J connectivity index is 2.70. The third-order valence-electron chi connectivity index (χ3n) is 3.14. The van der Waals surface area contributed by atoms with Crippen LogP contribution in [0.25, 0.3) is 11.1 Å². The van der Waals surface area contributed by atoms with E-state index < -0.39 is 11.7 Å². The minimum Gasteiger partial charge on any atom is -0.326 e. The molecule has 0 saturated carbocycles. The topological polar surface area (TPSA) is 29.1 Å². The first-order valence-electron chi connectivity index (χ1n) is 6.34. The molecule has 0 aliphatic carbocycles. The molecule has 0 heterocycles. The zero-order valence-corrected chi connectivity index (χ0v) is 11.6. The summed E-state index contributed by atoms with van der Waals surface area (Å²) in [6.45, 7) is 2.73.